The van der Waals surface area contributed by atoms with Crippen molar-refractivity contribution in [2.75, 3.05) is 25.9 Å². The van der Waals surface area contributed by atoms with Gasteiger partial charge in [-0.25, -0.2) is 13.1 Å². The van der Waals surface area contributed by atoms with E-state index in [1.807, 2.05) is 0 Å². The number of halogens is 1. The number of aliphatic imine (C=N–C) groups is 1. The summed E-state index contributed by atoms with van der Waals surface area (Å²) in [6.45, 7) is 2.47. The summed E-state index contributed by atoms with van der Waals surface area (Å²) >= 11 is 0. The highest BCUT2D eigenvalue weighted by Crippen LogP contribution is 2.34. The summed E-state index contributed by atoms with van der Waals surface area (Å²) in [7, 11) is -1.42. The predicted octanol–water partition coefficient (Wildman–Crippen LogP) is 0.0286. The van der Waals surface area contributed by atoms with Gasteiger partial charge >= 0.3 is 0 Å². The smallest absolute Gasteiger partial charge is 0.211 e. The molecule has 3 atom stereocenters. The quantitative estimate of drug-likeness (QED) is 0.239. The van der Waals surface area contributed by atoms with Gasteiger partial charge in [-0.3, -0.25) is 4.99 Å². The van der Waals surface area contributed by atoms with E-state index in [2.05, 4.69) is 20.3 Å². The molecule has 0 saturated carbocycles. The minimum Gasteiger partial charge on any atom is -0.373 e. The van der Waals surface area contributed by atoms with Crippen LogP contribution in [0.15, 0.2) is 4.99 Å². The molecule has 2 rings (SSSR count). The largest absolute Gasteiger partial charge is 0.373 e. The van der Waals surface area contributed by atoms with Crippen LogP contribution >= 0.6 is 24.0 Å². The number of rotatable bonds is 6. The van der Waals surface area contributed by atoms with E-state index in [-0.39, 0.29) is 35.8 Å². The zero-order chi connectivity index (χ0) is 14.6. The molecule has 2 aliphatic heterocycles. The molecule has 2 saturated heterocycles. The Kier molecular flexibility index (Phi) is 7.65. The van der Waals surface area contributed by atoms with Gasteiger partial charge < -0.3 is 15.4 Å². The van der Waals surface area contributed by atoms with Gasteiger partial charge in [0.1, 0.15) is 0 Å². The third kappa shape index (κ3) is 5.53. The van der Waals surface area contributed by atoms with Gasteiger partial charge in [0.05, 0.1) is 24.0 Å². The molecule has 3 N–H and O–H groups in total. The van der Waals surface area contributed by atoms with Gasteiger partial charge in [-0.05, 0) is 26.2 Å². The Balaban J connectivity index is 0.00000220. The maximum absolute atomic E-state index is 11.3. The standard InChI is InChI=1S/C12H24N4O3S.HI/c1-3-20(17,18)15-7-6-14-12(13-2)16-10-8-9-4-5-11(10)19-9;/h9-11,15H,3-8H2,1-2H3,(H2,13,14,16);1H. The molecule has 2 bridgehead atoms. The molecule has 124 valence electrons. The van der Waals surface area contributed by atoms with Gasteiger partial charge in [-0.1, -0.05) is 0 Å². The van der Waals surface area contributed by atoms with Gasteiger partial charge in [-0.2, -0.15) is 0 Å². The number of ether oxygens (including phenoxy) is 1. The fourth-order valence-electron chi connectivity index (χ4n) is 2.65. The number of fused-ring (bicyclic) bond motifs is 2. The van der Waals surface area contributed by atoms with E-state index in [0.29, 0.717) is 31.2 Å². The molecule has 0 aromatic carbocycles. The first-order chi connectivity index (χ1) is 9.54. The Bertz CT molecular complexity index is 457. The van der Waals surface area contributed by atoms with Crippen LogP contribution < -0.4 is 15.4 Å². The molecular formula is C12H25IN4O3S. The van der Waals surface area contributed by atoms with Gasteiger partial charge in [0.25, 0.3) is 0 Å². The van der Waals surface area contributed by atoms with E-state index < -0.39 is 10.0 Å². The Hall–Kier alpha value is -0.130. The molecule has 0 spiro atoms. The molecule has 0 aliphatic carbocycles. The van der Waals surface area contributed by atoms with Crippen molar-refractivity contribution in [2.45, 2.75) is 44.4 Å². The first-order valence-corrected chi connectivity index (χ1v) is 8.79. The van der Waals surface area contributed by atoms with Gasteiger partial charge in [0.15, 0.2) is 5.96 Å². The molecule has 0 aromatic rings. The van der Waals surface area contributed by atoms with Crippen molar-refractivity contribution < 1.29 is 13.2 Å². The second-order valence-corrected chi connectivity index (χ2v) is 7.25. The molecule has 7 nitrogen and oxygen atoms in total. The van der Waals surface area contributed by atoms with Crippen LogP contribution in [0, 0.1) is 0 Å². The summed E-state index contributed by atoms with van der Waals surface area (Å²) in [6.07, 6.45) is 3.97. The normalized spacial score (nSPS) is 28.3. The Morgan fingerprint density at radius 2 is 2.10 bits per heavy atom. The number of hydrogen-bond acceptors (Lipinski definition) is 4. The lowest BCUT2D eigenvalue weighted by Gasteiger charge is -2.22. The fourth-order valence-corrected chi connectivity index (χ4v) is 3.27. The van der Waals surface area contributed by atoms with Crippen molar-refractivity contribution in [3.63, 3.8) is 0 Å². The van der Waals surface area contributed by atoms with Crippen molar-refractivity contribution >= 4 is 40.0 Å². The van der Waals surface area contributed by atoms with Crippen LogP contribution in [0.25, 0.3) is 0 Å². The van der Waals surface area contributed by atoms with Gasteiger partial charge in [-0.15, -0.1) is 24.0 Å². The van der Waals surface area contributed by atoms with Crippen LogP contribution in [0.3, 0.4) is 0 Å². The van der Waals surface area contributed by atoms with Gasteiger partial charge in [0.2, 0.25) is 10.0 Å². The minimum absolute atomic E-state index is 0. The summed E-state index contributed by atoms with van der Waals surface area (Å²) in [5, 5.41) is 6.45. The third-order valence-electron chi connectivity index (χ3n) is 3.77. The van der Waals surface area contributed by atoms with Crippen molar-refractivity contribution in [2.24, 2.45) is 4.99 Å². The molecule has 2 heterocycles. The molecule has 21 heavy (non-hydrogen) atoms. The van der Waals surface area contributed by atoms with Crippen LogP contribution in [0.1, 0.15) is 26.2 Å². The minimum atomic E-state index is -3.12. The van der Waals surface area contributed by atoms with E-state index in [1.165, 1.54) is 0 Å². The number of guanidine groups is 1. The zero-order valence-corrected chi connectivity index (χ0v) is 15.6. The topological polar surface area (TPSA) is 91.8 Å². The highest BCUT2D eigenvalue weighted by Gasteiger charge is 2.41. The summed E-state index contributed by atoms with van der Waals surface area (Å²) in [5.41, 5.74) is 0. The molecule has 0 amide bonds. The van der Waals surface area contributed by atoms with E-state index >= 15 is 0 Å². The second-order valence-electron chi connectivity index (χ2n) is 5.16. The molecular weight excluding hydrogens is 407 g/mol. The first kappa shape index (κ1) is 18.9. The Morgan fingerprint density at radius 3 is 2.62 bits per heavy atom. The SMILES string of the molecule is CCS(=O)(=O)NCCNC(=NC)NC1CC2CCC1O2.I. The highest BCUT2D eigenvalue weighted by atomic mass is 127. The summed E-state index contributed by atoms with van der Waals surface area (Å²) in [6, 6.07) is 0.312. The number of hydrogen-bond donors (Lipinski definition) is 3. The molecule has 0 radical (unpaired) electrons. The van der Waals surface area contributed by atoms with Crippen LogP contribution in [-0.4, -0.2) is 58.5 Å². The lowest BCUT2D eigenvalue weighted by atomic mass is 9.96. The molecule has 2 fully saturated rings. The van der Waals surface area contributed by atoms with Crippen molar-refractivity contribution in [1.82, 2.24) is 15.4 Å². The lowest BCUT2D eigenvalue weighted by molar-refractivity contribution is 0.0992. The van der Waals surface area contributed by atoms with Crippen molar-refractivity contribution in [1.29, 1.82) is 0 Å². The predicted molar refractivity (Wildman–Crippen MR) is 93.7 cm³/mol. The molecule has 0 aromatic heterocycles. The monoisotopic (exact) mass is 432 g/mol. The fraction of sp³-hybridized carbons (Fsp3) is 0.917. The second kappa shape index (κ2) is 8.49. The first-order valence-electron chi connectivity index (χ1n) is 7.14. The Labute approximate surface area is 143 Å². The Morgan fingerprint density at radius 1 is 1.33 bits per heavy atom. The zero-order valence-electron chi connectivity index (χ0n) is 12.5. The number of nitrogens with zero attached hydrogens (tertiary/aromatic N) is 1. The number of sulfonamides is 1. The van der Waals surface area contributed by atoms with Gasteiger partial charge in [0, 0.05) is 20.1 Å². The van der Waals surface area contributed by atoms with E-state index in [1.54, 1.807) is 14.0 Å². The maximum Gasteiger partial charge on any atom is 0.211 e. The lowest BCUT2D eigenvalue weighted by Crippen LogP contribution is -2.48. The molecule has 9 heteroatoms. The number of nitrogens with one attached hydrogen (secondary N) is 3. The van der Waals surface area contributed by atoms with Crippen molar-refractivity contribution in [3.05, 3.63) is 0 Å². The summed E-state index contributed by atoms with van der Waals surface area (Å²) in [5.74, 6) is 0.796. The molecule has 2 aliphatic rings. The highest BCUT2D eigenvalue weighted by molar-refractivity contribution is 14.0. The van der Waals surface area contributed by atoms with E-state index in [9.17, 15) is 8.42 Å². The average Bonchev–Trinajstić information content (AvgIpc) is 3.04. The third-order valence-corrected chi connectivity index (χ3v) is 5.18. The van der Waals surface area contributed by atoms with E-state index in [0.717, 1.165) is 19.3 Å². The van der Waals surface area contributed by atoms with Crippen molar-refractivity contribution in [3.8, 4) is 0 Å². The average molecular weight is 432 g/mol. The summed E-state index contributed by atoms with van der Waals surface area (Å²) < 4.78 is 30.8. The van der Waals surface area contributed by atoms with E-state index in [4.69, 9.17) is 4.74 Å². The molecule has 3 unspecified atom stereocenters. The maximum atomic E-state index is 11.3. The van der Waals surface area contributed by atoms with Crippen LogP contribution in [0.5, 0.6) is 0 Å². The summed E-state index contributed by atoms with van der Waals surface area (Å²) in [4.78, 5) is 4.15. The van der Waals surface area contributed by atoms with Crippen LogP contribution in [0.4, 0.5) is 0 Å². The van der Waals surface area contributed by atoms with Crippen LogP contribution in [0.2, 0.25) is 0 Å². The van der Waals surface area contributed by atoms with Crippen LogP contribution in [-0.2, 0) is 14.8 Å².